The van der Waals surface area contributed by atoms with Crippen molar-refractivity contribution in [3.05, 3.63) is 75.8 Å². The first-order valence-electron chi connectivity index (χ1n) is 9.46. The van der Waals surface area contributed by atoms with E-state index in [2.05, 4.69) is 5.32 Å². The van der Waals surface area contributed by atoms with Gasteiger partial charge in [-0.15, -0.1) is 0 Å². The number of rotatable bonds is 5. The lowest BCUT2D eigenvalue weighted by Crippen LogP contribution is -2.34. The maximum absolute atomic E-state index is 13.0. The van der Waals surface area contributed by atoms with Gasteiger partial charge in [-0.25, -0.2) is 0 Å². The highest BCUT2D eigenvalue weighted by Gasteiger charge is 2.18. The van der Waals surface area contributed by atoms with E-state index in [4.69, 9.17) is 0 Å². The fraction of sp³-hybridized carbons (Fsp3) is 0.318. The minimum atomic E-state index is -0.425. The number of carbonyl (C=O) groups is 1. The lowest BCUT2D eigenvalue weighted by Gasteiger charge is -2.18. The minimum Gasteiger partial charge on any atom is -0.349 e. The Morgan fingerprint density at radius 2 is 1.70 bits per heavy atom. The molecule has 0 atom stereocenters. The van der Waals surface area contributed by atoms with Gasteiger partial charge in [-0.05, 0) is 30.0 Å². The third kappa shape index (κ3) is 5.26. The molecule has 1 amide bonds. The number of hydrogen-bond donors (Lipinski definition) is 1. The van der Waals surface area contributed by atoms with Crippen molar-refractivity contribution in [1.29, 1.82) is 0 Å². The molecule has 1 aliphatic carbocycles. The number of nitro groups is 1. The topological polar surface area (TPSA) is 72.2 Å². The van der Waals surface area contributed by atoms with E-state index in [9.17, 15) is 14.9 Å². The van der Waals surface area contributed by atoms with E-state index in [0.717, 1.165) is 31.2 Å². The number of benzene rings is 2. The van der Waals surface area contributed by atoms with Crippen molar-refractivity contribution in [2.75, 3.05) is 0 Å². The minimum absolute atomic E-state index is 0.0142. The Bertz CT molecular complexity index is 822. The Labute approximate surface area is 159 Å². The van der Waals surface area contributed by atoms with Crippen LogP contribution in [0.25, 0.3) is 11.6 Å². The third-order valence-electron chi connectivity index (χ3n) is 4.91. The van der Waals surface area contributed by atoms with Gasteiger partial charge in [0.2, 0.25) is 0 Å². The smallest absolute Gasteiger partial charge is 0.270 e. The second kappa shape index (κ2) is 9.12. The number of non-ortho nitro benzene ring substituents is 1. The van der Waals surface area contributed by atoms with Gasteiger partial charge in [0.05, 0.1) is 4.92 Å². The third-order valence-corrected chi connectivity index (χ3v) is 4.91. The molecule has 0 spiro atoms. The van der Waals surface area contributed by atoms with Crippen LogP contribution in [0, 0.1) is 10.1 Å². The fourth-order valence-corrected chi connectivity index (χ4v) is 3.48. The van der Waals surface area contributed by atoms with Crippen LogP contribution in [0.15, 0.2) is 54.6 Å². The lowest BCUT2D eigenvalue weighted by atomic mass is 10.0. The highest BCUT2D eigenvalue weighted by molar-refractivity contribution is 6.24. The van der Waals surface area contributed by atoms with Crippen LogP contribution in [0.2, 0.25) is 0 Å². The molecule has 2 aromatic rings. The number of nitrogens with one attached hydrogen (secondary N) is 1. The molecule has 1 N–H and O–H groups in total. The van der Waals surface area contributed by atoms with E-state index >= 15 is 0 Å². The van der Waals surface area contributed by atoms with Crippen LogP contribution < -0.4 is 5.32 Å². The van der Waals surface area contributed by atoms with E-state index in [1.807, 2.05) is 30.3 Å². The highest BCUT2D eigenvalue weighted by Crippen LogP contribution is 2.23. The molecule has 1 saturated carbocycles. The highest BCUT2D eigenvalue weighted by atomic mass is 16.6. The number of amides is 1. The molecule has 0 radical (unpaired) electrons. The summed E-state index contributed by atoms with van der Waals surface area (Å²) in [6, 6.07) is 16.0. The van der Waals surface area contributed by atoms with Crippen molar-refractivity contribution in [3.8, 4) is 0 Å². The Kier molecular flexibility index (Phi) is 6.36. The van der Waals surface area contributed by atoms with Crippen molar-refractivity contribution in [2.45, 2.75) is 44.6 Å². The number of hydrogen-bond acceptors (Lipinski definition) is 3. The van der Waals surface area contributed by atoms with Crippen LogP contribution in [0.4, 0.5) is 5.69 Å². The first kappa shape index (κ1) is 18.8. The Morgan fingerprint density at radius 1 is 1.00 bits per heavy atom. The maximum Gasteiger partial charge on any atom is 0.270 e. The normalized spacial score (nSPS) is 15.8. The summed E-state index contributed by atoms with van der Waals surface area (Å²) in [7, 11) is 0. The van der Waals surface area contributed by atoms with Crippen molar-refractivity contribution < 1.29 is 9.72 Å². The molecule has 5 nitrogen and oxygen atoms in total. The van der Waals surface area contributed by atoms with E-state index < -0.39 is 4.92 Å². The molecule has 1 aliphatic rings. The van der Waals surface area contributed by atoms with Crippen LogP contribution in [0.1, 0.15) is 49.7 Å². The molecule has 0 aliphatic heterocycles. The van der Waals surface area contributed by atoms with Crippen LogP contribution in [-0.2, 0) is 4.79 Å². The van der Waals surface area contributed by atoms with E-state index in [0.29, 0.717) is 11.1 Å². The van der Waals surface area contributed by atoms with Gasteiger partial charge in [-0.1, -0.05) is 68.1 Å². The van der Waals surface area contributed by atoms with Gasteiger partial charge < -0.3 is 5.32 Å². The van der Waals surface area contributed by atoms with Gasteiger partial charge in [0.15, 0.2) is 0 Å². The number of nitrogens with zero attached hydrogens (tertiary/aromatic N) is 1. The van der Waals surface area contributed by atoms with E-state index in [1.54, 1.807) is 18.2 Å². The molecular weight excluding hydrogens is 340 g/mol. The molecule has 3 rings (SSSR count). The Balaban J connectivity index is 1.90. The predicted molar refractivity (Wildman–Crippen MR) is 107 cm³/mol. The second-order valence-corrected chi connectivity index (χ2v) is 6.94. The summed E-state index contributed by atoms with van der Waals surface area (Å²) in [4.78, 5) is 23.7. The Morgan fingerprint density at radius 3 is 2.37 bits per heavy atom. The van der Waals surface area contributed by atoms with Crippen molar-refractivity contribution >= 4 is 23.2 Å². The molecule has 27 heavy (non-hydrogen) atoms. The summed E-state index contributed by atoms with van der Waals surface area (Å²) in [5.41, 5.74) is 1.98. The quantitative estimate of drug-likeness (QED) is 0.267. The molecule has 0 heterocycles. The van der Waals surface area contributed by atoms with Crippen LogP contribution in [0.5, 0.6) is 0 Å². The van der Waals surface area contributed by atoms with Crippen LogP contribution in [0.3, 0.4) is 0 Å². The van der Waals surface area contributed by atoms with E-state index in [-0.39, 0.29) is 17.6 Å². The average molecular weight is 364 g/mol. The molecule has 0 unspecified atom stereocenters. The summed E-state index contributed by atoms with van der Waals surface area (Å²) in [6.07, 6.45) is 8.47. The molecule has 0 aromatic heterocycles. The zero-order valence-corrected chi connectivity index (χ0v) is 15.3. The zero-order chi connectivity index (χ0) is 19.1. The first-order chi connectivity index (χ1) is 13.1. The van der Waals surface area contributed by atoms with Gasteiger partial charge in [-0.3, -0.25) is 14.9 Å². The van der Waals surface area contributed by atoms with Crippen LogP contribution in [-0.4, -0.2) is 16.9 Å². The van der Waals surface area contributed by atoms with Crippen molar-refractivity contribution in [2.24, 2.45) is 0 Å². The largest absolute Gasteiger partial charge is 0.349 e. The summed E-state index contributed by atoms with van der Waals surface area (Å²) in [6.45, 7) is 0. The van der Waals surface area contributed by atoms with Crippen molar-refractivity contribution in [1.82, 2.24) is 5.32 Å². The summed E-state index contributed by atoms with van der Waals surface area (Å²) in [5.74, 6) is -0.125. The molecular formula is C22H24N2O3. The number of nitro benzene ring substituents is 1. The predicted octanol–water partition coefficient (Wildman–Crippen LogP) is 4.97. The summed E-state index contributed by atoms with van der Waals surface area (Å²) in [5, 5.41) is 14.2. The molecule has 2 aromatic carbocycles. The number of carbonyl (C=O) groups excluding carboxylic acids is 1. The van der Waals surface area contributed by atoms with E-state index in [1.165, 1.54) is 25.0 Å². The standard InChI is InChI=1S/C22H24N2O3/c25-22(23-19-12-6-1-2-7-13-19)21(18-10-4-3-5-11-18)16-17-9-8-14-20(15-17)24(26)27/h3-5,8-11,14-16,19H,1-2,6-7,12-13H2,(H,23,25). The summed E-state index contributed by atoms with van der Waals surface area (Å²) < 4.78 is 0. The molecule has 140 valence electrons. The summed E-state index contributed by atoms with van der Waals surface area (Å²) >= 11 is 0. The van der Waals surface area contributed by atoms with Gasteiger partial charge in [0.25, 0.3) is 11.6 Å². The molecule has 5 heteroatoms. The molecule has 0 bridgehead atoms. The first-order valence-corrected chi connectivity index (χ1v) is 9.46. The van der Waals surface area contributed by atoms with Gasteiger partial charge in [0.1, 0.15) is 0 Å². The van der Waals surface area contributed by atoms with Gasteiger partial charge >= 0.3 is 0 Å². The lowest BCUT2D eigenvalue weighted by molar-refractivity contribution is -0.384. The Hall–Kier alpha value is -2.95. The maximum atomic E-state index is 13.0. The SMILES string of the molecule is O=C(NC1CCCCCC1)C(=Cc1cccc([N+](=O)[O-])c1)c1ccccc1. The monoisotopic (exact) mass is 364 g/mol. The average Bonchev–Trinajstić information content (AvgIpc) is 2.95. The molecule has 1 fully saturated rings. The fourth-order valence-electron chi connectivity index (χ4n) is 3.48. The van der Waals surface area contributed by atoms with Crippen LogP contribution >= 0.6 is 0 Å². The zero-order valence-electron chi connectivity index (χ0n) is 15.3. The second-order valence-electron chi connectivity index (χ2n) is 6.94. The van der Waals surface area contributed by atoms with Gasteiger partial charge in [-0.2, -0.15) is 0 Å². The van der Waals surface area contributed by atoms with Crippen molar-refractivity contribution in [3.63, 3.8) is 0 Å². The van der Waals surface area contributed by atoms with Gasteiger partial charge in [0, 0.05) is 23.7 Å². The molecule has 0 saturated heterocycles.